The van der Waals surface area contributed by atoms with Crippen molar-refractivity contribution >= 4 is 22.4 Å². The SMILES string of the molecule is N#Cc1cnc(Nc2ccc3ncccc3c2)cn1. The van der Waals surface area contributed by atoms with Crippen molar-refractivity contribution in [3.8, 4) is 6.07 Å². The van der Waals surface area contributed by atoms with Gasteiger partial charge in [0.15, 0.2) is 5.69 Å². The largest absolute Gasteiger partial charge is 0.339 e. The molecule has 5 nitrogen and oxygen atoms in total. The molecular formula is C14H9N5. The molecule has 0 atom stereocenters. The number of anilines is 2. The lowest BCUT2D eigenvalue weighted by atomic mass is 10.2. The molecule has 0 aliphatic rings. The average Bonchev–Trinajstić information content (AvgIpc) is 2.48. The van der Waals surface area contributed by atoms with E-state index < -0.39 is 0 Å². The van der Waals surface area contributed by atoms with E-state index in [1.807, 2.05) is 36.4 Å². The molecule has 2 heterocycles. The summed E-state index contributed by atoms with van der Waals surface area (Å²) in [6, 6.07) is 11.7. The Hall–Kier alpha value is -3.00. The minimum absolute atomic E-state index is 0.299. The highest BCUT2D eigenvalue weighted by Crippen LogP contribution is 2.19. The maximum atomic E-state index is 8.66. The van der Waals surface area contributed by atoms with Gasteiger partial charge < -0.3 is 5.32 Å². The summed E-state index contributed by atoms with van der Waals surface area (Å²) in [5.41, 5.74) is 2.15. The Morgan fingerprint density at radius 2 is 2.00 bits per heavy atom. The molecule has 0 spiro atoms. The molecule has 0 aliphatic heterocycles. The van der Waals surface area contributed by atoms with Crippen LogP contribution in [0.15, 0.2) is 48.9 Å². The molecular weight excluding hydrogens is 238 g/mol. The molecule has 0 saturated heterocycles. The number of hydrogen-bond donors (Lipinski definition) is 1. The number of nitrogens with zero attached hydrogens (tertiary/aromatic N) is 4. The van der Waals surface area contributed by atoms with Gasteiger partial charge in [0.25, 0.3) is 0 Å². The number of rotatable bonds is 2. The van der Waals surface area contributed by atoms with Crippen LogP contribution in [0.3, 0.4) is 0 Å². The Bertz CT molecular complexity index is 759. The van der Waals surface area contributed by atoms with Gasteiger partial charge in [-0.05, 0) is 24.3 Å². The molecule has 0 aliphatic carbocycles. The van der Waals surface area contributed by atoms with Gasteiger partial charge in [-0.1, -0.05) is 6.07 Å². The second-order valence-corrected chi connectivity index (χ2v) is 3.93. The predicted molar refractivity (Wildman–Crippen MR) is 71.8 cm³/mol. The second-order valence-electron chi connectivity index (χ2n) is 3.93. The maximum Gasteiger partial charge on any atom is 0.158 e. The van der Waals surface area contributed by atoms with E-state index in [1.165, 1.54) is 12.4 Å². The summed E-state index contributed by atoms with van der Waals surface area (Å²) in [6.07, 6.45) is 4.73. The topological polar surface area (TPSA) is 74.5 Å². The molecule has 3 rings (SSSR count). The number of hydrogen-bond acceptors (Lipinski definition) is 5. The molecule has 0 saturated carbocycles. The van der Waals surface area contributed by atoms with Gasteiger partial charge in [0.05, 0.1) is 17.9 Å². The standard InChI is InChI=1S/C14H9N5/c15-7-12-8-18-14(9-17-12)19-11-3-4-13-10(6-11)2-1-5-16-13/h1-6,8-9H,(H,18,19). The average molecular weight is 247 g/mol. The molecule has 90 valence electrons. The first kappa shape index (κ1) is 11.1. The Balaban J connectivity index is 1.90. The van der Waals surface area contributed by atoms with Crippen molar-refractivity contribution < 1.29 is 0 Å². The molecule has 0 fully saturated rings. The fourth-order valence-corrected chi connectivity index (χ4v) is 1.75. The monoisotopic (exact) mass is 247 g/mol. The van der Waals surface area contributed by atoms with Gasteiger partial charge in [-0.2, -0.15) is 5.26 Å². The Labute approximate surface area is 109 Å². The molecule has 0 radical (unpaired) electrons. The van der Waals surface area contributed by atoms with Crippen LogP contribution in [0.2, 0.25) is 0 Å². The lowest BCUT2D eigenvalue weighted by molar-refractivity contribution is 1.16. The van der Waals surface area contributed by atoms with E-state index in [2.05, 4.69) is 20.3 Å². The van der Waals surface area contributed by atoms with Crippen molar-refractivity contribution in [3.63, 3.8) is 0 Å². The van der Waals surface area contributed by atoms with Gasteiger partial charge in [-0.3, -0.25) is 4.98 Å². The third-order valence-electron chi connectivity index (χ3n) is 2.64. The zero-order valence-electron chi connectivity index (χ0n) is 9.91. The van der Waals surface area contributed by atoms with Crippen LogP contribution in [-0.4, -0.2) is 15.0 Å². The third-order valence-corrected chi connectivity index (χ3v) is 2.64. The van der Waals surface area contributed by atoms with Crippen molar-refractivity contribution in [2.75, 3.05) is 5.32 Å². The lowest BCUT2D eigenvalue weighted by Crippen LogP contribution is -1.95. The predicted octanol–water partition coefficient (Wildman–Crippen LogP) is 2.64. The van der Waals surface area contributed by atoms with E-state index in [0.717, 1.165) is 16.6 Å². The third kappa shape index (κ3) is 2.33. The molecule has 2 aromatic heterocycles. The number of nitrogens with one attached hydrogen (secondary N) is 1. The first-order valence-corrected chi connectivity index (χ1v) is 5.69. The molecule has 5 heteroatoms. The van der Waals surface area contributed by atoms with Crippen LogP contribution in [0.25, 0.3) is 10.9 Å². The first-order chi connectivity index (χ1) is 9.35. The first-order valence-electron chi connectivity index (χ1n) is 5.69. The van der Waals surface area contributed by atoms with Crippen LogP contribution < -0.4 is 5.32 Å². The minimum Gasteiger partial charge on any atom is -0.339 e. The Kier molecular flexibility index (Phi) is 2.75. The summed E-state index contributed by atoms with van der Waals surface area (Å²) >= 11 is 0. The number of pyridine rings is 1. The van der Waals surface area contributed by atoms with Crippen molar-refractivity contribution in [1.82, 2.24) is 15.0 Å². The van der Waals surface area contributed by atoms with E-state index in [4.69, 9.17) is 5.26 Å². The summed E-state index contributed by atoms with van der Waals surface area (Å²) < 4.78 is 0. The van der Waals surface area contributed by atoms with Crippen LogP contribution in [0.5, 0.6) is 0 Å². The molecule has 0 bridgehead atoms. The van der Waals surface area contributed by atoms with Gasteiger partial charge in [0.2, 0.25) is 0 Å². The minimum atomic E-state index is 0.299. The highest BCUT2D eigenvalue weighted by atomic mass is 15.0. The van der Waals surface area contributed by atoms with Crippen LogP contribution in [0.4, 0.5) is 11.5 Å². The van der Waals surface area contributed by atoms with Crippen molar-refractivity contribution in [3.05, 3.63) is 54.6 Å². The highest BCUT2D eigenvalue weighted by Gasteiger charge is 2.00. The number of fused-ring (bicyclic) bond motifs is 1. The van der Waals surface area contributed by atoms with Crippen molar-refractivity contribution in [2.45, 2.75) is 0 Å². The molecule has 1 aromatic carbocycles. The van der Waals surface area contributed by atoms with E-state index in [1.54, 1.807) is 6.20 Å². The summed E-state index contributed by atoms with van der Waals surface area (Å²) in [6.45, 7) is 0. The smallest absolute Gasteiger partial charge is 0.158 e. The maximum absolute atomic E-state index is 8.66. The number of benzene rings is 1. The number of aromatic nitrogens is 3. The van der Waals surface area contributed by atoms with Gasteiger partial charge >= 0.3 is 0 Å². The molecule has 0 unspecified atom stereocenters. The van der Waals surface area contributed by atoms with Gasteiger partial charge in [-0.25, -0.2) is 9.97 Å². The van der Waals surface area contributed by atoms with Crippen LogP contribution >= 0.6 is 0 Å². The molecule has 0 amide bonds. The second kappa shape index (κ2) is 4.70. The fourth-order valence-electron chi connectivity index (χ4n) is 1.75. The summed E-state index contributed by atoms with van der Waals surface area (Å²) in [5.74, 6) is 0.599. The molecule has 19 heavy (non-hydrogen) atoms. The Morgan fingerprint density at radius 3 is 2.79 bits per heavy atom. The van der Waals surface area contributed by atoms with E-state index in [0.29, 0.717) is 11.5 Å². The normalized spacial score (nSPS) is 10.1. The van der Waals surface area contributed by atoms with E-state index in [9.17, 15) is 0 Å². The zero-order valence-corrected chi connectivity index (χ0v) is 9.91. The summed E-state index contributed by atoms with van der Waals surface area (Å²) in [5, 5.41) is 12.8. The summed E-state index contributed by atoms with van der Waals surface area (Å²) in [4.78, 5) is 12.3. The van der Waals surface area contributed by atoms with E-state index >= 15 is 0 Å². The van der Waals surface area contributed by atoms with Gasteiger partial charge in [-0.15, -0.1) is 0 Å². The van der Waals surface area contributed by atoms with Crippen molar-refractivity contribution in [2.24, 2.45) is 0 Å². The van der Waals surface area contributed by atoms with Crippen molar-refractivity contribution in [1.29, 1.82) is 5.26 Å². The van der Waals surface area contributed by atoms with Gasteiger partial charge in [0.1, 0.15) is 11.9 Å². The number of nitriles is 1. The van der Waals surface area contributed by atoms with Crippen LogP contribution in [-0.2, 0) is 0 Å². The van der Waals surface area contributed by atoms with Gasteiger partial charge in [0, 0.05) is 17.3 Å². The summed E-state index contributed by atoms with van der Waals surface area (Å²) in [7, 11) is 0. The quantitative estimate of drug-likeness (QED) is 0.753. The molecule has 3 aromatic rings. The van der Waals surface area contributed by atoms with Crippen LogP contribution in [0, 0.1) is 11.3 Å². The molecule has 1 N–H and O–H groups in total. The van der Waals surface area contributed by atoms with Crippen LogP contribution in [0.1, 0.15) is 5.69 Å². The van der Waals surface area contributed by atoms with E-state index in [-0.39, 0.29) is 0 Å². The fraction of sp³-hybridized carbons (Fsp3) is 0. The Morgan fingerprint density at radius 1 is 1.05 bits per heavy atom. The zero-order chi connectivity index (χ0) is 13.1. The lowest BCUT2D eigenvalue weighted by Gasteiger charge is -2.05. The highest BCUT2D eigenvalue weighted by molar-refractivity contribution is 5.82.